The van der Waals surface area contributed by atoms with Crippen LogP contribution in [0.15, 0.2) is 29.0 Å². The molecule has 0 aromatic carbocycles. The molecule has 2 saturated heterocycles. The highest BCUT2D eigenvalue weighted by Crippen LogP contribution is 2.22. The van der Waals surface area contributed by atoms with Gasteiger partial charge in [0.2, 0.25) is 23.5 Å². The molecule has 0 radical (unpaired) electrons. The van der Waals surface area contributed by atoms with Crippen molar-refractivity contribution in [2.24, 2.45) is 5.92 Å². The second-order valence-corrected chi connectivity index (χ2v) is 7.24. The second-order valence-electron chi connectivity index (χ2n) is 7.24. The summed E-state index contributed by atoms with van der Waals surface area (Å²) in [7, 11) is 0. The van der Waals surface area contributed by atoms with Gasteiger partial charge in [0.25, 0.3) is 0 Å². The third-order valence-electron chi connectivity index (χ3n) is 5.23. The van der Waals surface area contributed by atoms with Crippen molar-refractivity contribution >= 4 is 11.8 Å². The Hall–Kier alpha value is -2.77. The molecule has 0 aliphatic carbocycles. The number of fused-ring (bicyclic) bond motifs is 3. The number of aryl methyl sites for hydroxylation is 1. The summed E-state index contributed by atoms with van der Waals surface area (Å²) in [5.41, 5.74) is 0.803. The average molecular weight is 369 g/mol. The van der Waals surface area contributed by atoms with Crippen molar-refractivity contribution < 1.29 is 14.1 Å². The van der Waals surface area contributed by atoms with Crippen LogP contribution in [-0.2, 0) is 16.0 Å². The van der Waals surface area contributed by atoms with E-state index in [1.807, 2.05) is 17.0 Å². The van der Waals surface area contributed by atoms with Crippen LogP contribution in [0.1, 0.15) is 38.0 Å². The van der Waals surface area contributed by atoms with Gasteiger partial charge in [-0.05, 0) is 31.4 Å². The van der Waals surface area contributed by atoms with E-state index in [4.69, 9.17) is 4.52 Å². The van der Waals surface area contributed by atoms with E-state index in [1.165, 1.54) is 0 Å². The van der Waals surface area contributed by atoms with Crippen LogP contribution in [0.3, 0.4) is 0 Å². The Bertz CT molecular complexity index is 807. The van der Waals surface area contributed by atoms with E-state index < -0.39 is 0 Å². The predicted molar refractivity (Wildman–Crippen MR) is 96.3 cm³/mol. The second kappa shape index (κ2) is 7.85. The largest absolute Gasteiger partial charge is 0.351 e. The molecule has 142 valence electrons. The lowest BCUT2D eigenvalue weighted by molar-refractivity contribution is -0.132. The van der Waals surface area contributed by atoms with E-state index in [0.29, 0.717) is 44.1 Å². The first kappa shape index (κ1) is 17.6. The molecule has 0 saturated carbocycles. The van der Waals surface area contributed by atoms with Gasteiger partial charge < -0.3 is 14.7 Å². The smallest absolute Gasteiger partial charge is 0.226 e. The predicted octanol–water partition coefficient (Wildman–Crippen LogP) is 1.58. The zero-order valence-corrected chi connectivity index (χ0v) is 15.1. The maximum atomic E-state index is 12.6. The quantitative estimate of drug-likeness (QED) is 0.859. The number of nitrogens with zero attached hydrogens (tertiary/aromatic N) is 4. The van der Waals surface area contributed by atoms with Crippen molar-refractivity contribution in [2.45, 2.75) is 44.6 Å². The number of pyridine rings is 1. The molecule has 2 aromatic rings. The van der Waals surface area contributed by atoms with Gasteiger partial charge in [-0.2, -0.15) is 4.98 Å². The van der Waals surface area contributed by atoms with Crippen molar-refractivity contribution in [3.8, 4) is 11.4 Å². The monoisotopic (exact) mass is 369 g/mol. The molecule has 0 spiro atoms. The Morgan fingerprint density at radius 3 is 3.11 bits per heavy atom. The van der Waals surface area contributed by atoms with Crippen LogP contribution in [0.25, 0.3) is 11.4 Å². The number of hydrogen-bond donors (Lipinski definition) is 1. The van der Waals surface area contributed by atoms with Crippen LogP contribution in [0, 0.1) is 5.92 Å². The summed E-state index contributed by atoms with van der Waals surface area (Å²) < 4.78 is 5.27. The van der Waals surface area contributed by atoms with E-state index in [0.717, 1.165) is 24.8 Å². The minimum Gasteiger partial charge on any atom is -0.351 e. The number of aromatic nitrogens is 3. The van der Waals surface area contributed by atoms with Gasteiger partial charge in [-0.15, -0.1) is 0 Å². The zero-order valence-electron chi connectivity index (χ0n) is 15.1. The molecule has 0 unspecified atom stereocenters. The van der Waals surface area contributed by atoms with E-state index >= 15 is 0 Å². The van der Waals surface area contributed by atoms with Gasteiger partial charge in [0.1, 0.15) is 0 Å². The summed E-state index contributed by atoms with van der Waals surface area (Å²) in [6.45, 7) is 1.15. The molecule has 2 aliphatic rings. The minimum absolute atomic E-state index is 0.0700. The first-order chi connectivity index (χ1) is 13.2. The van der Waals surface area contributed by atoms with E-state index in [1.54, 1.807) is 12.4 Å². The lowest BCUT2D eigenvalue weighted by atomic mass is 9.99. The molecule has 8 nitrogen and oxygen atoms in total. The Morgan fingerprint density at radius 1 is 1.33 bits per heavy atom. The number of nitrogens with one attached hydrogen (secondary N) is 1. The third kappa shape index (κ3) is 4.15. The highest BCUT2D eigenvalue weighted by Gasteiger charge is 2.34. The standard InChI is InChI=1S/C19H23N5O3/c25-17(24-11-14-4-1-6-15(12-24)21-19(14)26)8-2-7-16-22-18(23-27-16)13-5-3-9-20-10-13/h3,5,9-10,14-15H,1-2,4,6-8,11-12H2,(H,21,26)/t14-,15+/m0/s1. The lowest BCUT2D eigenvalue weighted by Gasteiger charge is -2.27. The van der Waals surface area contributed by atoms with Crippen LogP contribution in [0.2, 0.25) is 0 Å². The summed E-state index contributed by atoms with van der Waals surface area (Å²) in [5, 5.41) is 7.02. The molecule has 2 aromatic heterocycles. The Kier molecular flexibility index (Phi) is 5.13. The molecular formula is C19H23N5O3. The summed E-state index contributed by atoms with van der Waals surface area (Å²) >= 11 is 0. The highest BCUT2D eigenvalue weighted by atomic mass is 16.5. The molecular weight excluding hydrogens is 346 g/mol. The molecule has 4 heterocycles. The zero-order chi connectivity index (χ0) is 18.6. The number of hydrogen-bond acceptors (Lipinski definition) is 6. The van der Waals surface area contributed by atoms with Gasteiger partial charge in [-0.25, -0.2) is 0 Å². The summed E-state index contributed by atoms with van der Waals surface area (Å²) in [6.07, 6.45) is 7.85. The van der Waals surface area contributed by atoms with Crippen molar-refractivity contribution in [3.05, 3.63) is 30.4 Å². The Balaban J connectivity index is 1.30. The van der Waals surface area contributed by atoms with Crippen molar-refractivity contribution in [2.75, 3.05) is 13.1 Å². The van der Waals surface area contributed by atoms with Crippen molar-refractivity contribution in [1.29, 1.82) is 0 Å². The maximum Gasteiger partial charge on any atom is 0.226 e. The van der Waals surface area contributed by atoms with E-state index in [-0.39, 0.29) is 23.8 Å². The fourth-order valence-corrected chi connectivity index (χ4v) is 3.77. The van der Waals surface area contributed by atoms with Crippen molar-refractivity contribution in [3.63, 3.8) is 0 Å². The molecule has 2 fully saturated rings. The number of carbonyl (C=O) groups is 2. The Morgan fingerprint density at radius 2 is 2.26 bits per heavy atom. The van der Waals surface area contributed by atoms with Crippen LogP contribution in [0.5, 0.6) is 0 Å². The third-order valence-corrected chi connectivity index (χ3v) is 5.23. The van der Waals surface area contributed by atoms with Gasteiger partial charge in [-0.1, -0.05) is 11.6 Å². The molecule has 2 aliphatic heterocycles. The van der Waals surface area contributed by atoms with Gasteiger partial charge in [0.05, 0.1) is 5.92 Å². The molecule has 4 rings (SSSR count). The molecule has 2 bridgehead atoms. The first-order valence-corrected chi connectivity index (χ1v) is 9.50. The molecule has 27 heavy (non-hydrogen) atoms. The maximum absolute atomic E-state index is 12.6. The first-order valence-electron chi connectivity index (χ1n) is 9.50. The minimum atomic E-state index is -0.0700. The molecule has 8 heteroatoms. The summed E-state index contributed by atoms with van der Waals surface area (Å²) in [5.74, 6) is 1.15. The highest BCUT2D eigenvalue weighted by molar-refractivity contribution is 5.82. The van der Waals surface area contributed by atoms with Gasteiger partial charge in [0.15, 0.2) is 0 Å². The molecule has 1 N–H and O–H groups in total. The van der Waals surface area contributed by atoms with Crippen LogP contribution in [-0.4, -0.2) is 51.0 Å². The number of carbonyl (C=O) groups excluding carboxylic acids is 2. The van der Waals surface area contributed by atoms with Crippen molar-refractivity contribution in [1.82, 2.24) is 25.3 Å². The fraction of sp³-hybridized carbons (Fsp3) is 0.526. The summed E-state index contributed by atoms with van der Waals surface area (Å²) in [6, 6.07) is 3.78. The number of amides is 2. The fourth-order valence-electron chi connectivity index (χ4n) is 3.77. The van der Waals surface area contributed by atoms with Crippen LogP contribution in [0.4, 0.5) is 0 Å². The number of likely N-dealkylation sites (tertiary alicyclic amines) is 1. The average Bonchev–Trinajstić information content (AvgIpc) is 2.98. The number of rotatable bonds is 5. The lowest BCUT2D eigenvalue weighted by Crippen LogP contribution is -2.41. The normalized spacial score (nSPS) is 22.2. The van der Waals surface area contributed by atoms with Crippen LogP contribution < -0.4 is 5.32 Å². The molecule has 2 atom stereocenters. The van der Waals surface area contributed by atoms with Gasteiger partial charge >= 0.3 is 0 Å². The van der Waals surface area contributed by atoms with E-state index in [9.17, 15) is 9.59 Å². The Labute approximate surface area is 157 Å². The van der Waals surface area contributed by atoms with Gasteiger partial charge in [0, 0.05) is 49.9 Å². The van der Waals surface area contributed by atoms with E-state index in [2.05, 4.69) is 20.4 Å². The molecule has 2 amide bonds. The van der Waals surface area contributed by atoms with Gasteiger partial charge in [-0.3, -0.25) is 14.6 Å². The topological polar surface area (TPSA) is 101 Å². The summed E-state index contributed by atoms with van der Waals surface area (Å²) in [4.78, 5) is 35.0. The van der Waals surface area contributed by atoms with Crippen LogP contribution >= 0.6 is 0 Å². The SMILES string of the molecule is O=C1N[C@@H]2CCC[C@H]1CN(C(=O)CCCc1nc(-c3cccnc3)no1)C2.